The fraction of sp³-hybridized carbons (Fsp3) is 0.347. The predicted molar refractivity (Wildman–Crippen MR) is 222 cm³/mol. The van der Waals surface area contributed by atoms with Gasteiger partial charge in [-0.3, -0.25) is 9.59 Å². The van der Waals surface area contributed by atoms with Gasteiger partial charge in [-0.25, -0.2) is 0 Å². The summed E-state index contributed by atoms with van der Waals surface area (Å²) in [6, 6.07) is 22.1. The molecule has 0 saturated heterocycles. The van der Waals surface area contributed by atoms with Crippen molar-refractivity contribution in [3.05, 3.63) is 146 Å². The summed E-state index contributed by atoms with van der Waals surface area (Å²) in [5, 5.41) is 27.2. The van der Waals surface area contributed by atoms with Crippen LogP contribution in [0.5, 0.6) is 17.2 Å². The highest BCUT2D eigenvalue weighted by Gasteiger charge is 2.37. The number of phenolic OH excluding ortho intramolecular Hbond substituents is 2. The molecule has 292 valence electrons. The van der Waals surface area contributed by atoms with Gasteiger partial charge in [-0.2, -0.15) is 6.20 Å². The molecule has 8 heteroatoms. The van der Waals surface area contributed by atoms with E-state index in [1.54, 1.807) is 6.07 Å². The van der Waals surface area contributed by atoms with E-state index in [2.05, 4.69) is 47.5 Å². The van der Waals surface area contributed by atoms with Crippen LogP contribution in [0.25, 0.3) is 17.5 Å². The summed E-state index contributed by atoms with van der Waals surface area (Å²) in [5.41, 5.74) is 9.68. The van der Waals surface area contributed by atoms with E-state index in [4.69, 9.17) is 15.0 Å². The number of hydrogen-bond donors (Lipinski definition) is 3. The van der Waals surface area contributed by atoms with Gasteiger partial charge in [-0.1, -0.05) is 96.0 Å². The zero-order valence-electron chi connectivity index (χ0n) is 32.3. The van der Waals surface area contributed by atoms with Crippen LogP contribution in [-0.4, -0.2) is 39.4 Å². The normalized spacial score (nSPS) is 21.4. The van der Waals surface area contributed by atoms with Gasteiger partial charge in [0.15, 0.2) is 11.5 Å². The Labute approximate surface area is 334 Å². The number of allylic oxidation sites excluding steroid dienone is 1. The van der Waals surface area contributed by atoms with Crippen molar-refractivity contribution in [2.45, 2.75) is 89.1 Å². The number of carbonyl (C=O) groups excluding carboxylic acids is 2. The van der Waals surface area contributed by atoms with Crippen molar-refractivity contribution in [2.75, 3.05) is 6.54 Å². The molecule has 57 heavy (non-hydrogen) atoms. The summed E-state index contributed by atoms with van der Waals surface area (Å²) in [6.07, 6.45) is 18.2. The number of carbonyl (C=O) groups is 2. The van der Waals surface area contributed by atoms with Crippen LogP contribution in [0.3, 0.4) is 0 Å². The Balaban J connectivity index is 1.06. The van der Waals surface area contributed by atoms with Crippen LogP contribution in [0.15, 0.2) is 90.8 Å². The zero-order chi connectivity index (χ0) is 38.9. The predicted octanol–water partition coefficient (Wildman–Crippen LogP) is 9.83. The number of nitrogens with zero attached hydrogens (tertiary/aromatic N) is 2. The second-order valence-corrected chi connectivity index (χ2v) is 16.5. The lowest BCUT2D eigenvalue weighted by molar-refractivity contribution is -0.129. The van der Waals surface area contributed by atoms with Crippen molar-refractivity contribution < 1.29 is 24.5 Å². The Morgan fingerprint density at radius 3 is 2.49 bits per heavy atom. The minimum absolute atomic E-state index is 0.0665. The van der Waals surface area contributed by atoms with Crippen LogP contribution in [0.4, 0.5) is 5.82 Å². The number of nitrogens with one attached hydrogen (secondary N) is 1. The molecule has 0 spiro atoms. The minimum Gasteiger partial charge on any atom is -0.664 e. The van der Waals surface area contributed by atoms with Gasteiger partial charge in [0.2, 0.25) is 0 Å². The quantitative estimate of drug-likeness (QED) is 0.157. The Morgan fingerprint density at radius 2 is 1.63 bits per heavy atom. The molecule has 3 unspecified atom stereocenters. The number of ether oxygens (including phenoxy) is 1. The average molecular weight is 760 g/mol. The number of hydrogen-bond acceptors (Lipinski definition) is 5. The molecule has 1 saturated carbocycles. The highest BCUT2D eigenvalue weighted by atomic mass is 16.5. The number of aromatic nitrogens is 2. The van der Waals surface area contributed by atoms with Gasteiger partial charge in [0.25, 0.3) is 0 Å². The second-order valence-electron chi connectivity index (χ2n) is 16.5. The molecule has 1 aliphatic heterocycles. The lowest BCUT2D eigenvalue weighted by atomic mass is 9.69. The molecule has 5 aromatic rings. The lowest BCUT2D eigenvalue weighted by Crippen LogP contribution is -2.31. The molecule has 3 N–H and O–H groups in total. The van der Waals surface area contributed by atoms with Crippen LogP contribution in [0.1, 0.15) is 107 Å². The van der Waals surface area contributed by atoms with E-state index < -0.39 is 5.92 Å². The number of phenols is 2. The number of ketones is 2. The Bertz CT molecular complexity index is 2360. The van der Waals surface area contributed by atoms with Gasteiger partial charge in [0.1, 0.15) is 17.3 Å². The Hall–Kier alpha value is -5.76. The Morgan fingerprint density at radius 1 is 0.807 bits per heavy atom. The summed E-state index contributed by atoms with van der Waals surface area (Å²) in [5.74, 6) is 0.914. The third-order valence-corrected chi connectivity index (χ3v) is 12.6. The first-order valence-corrected chi connectivity index (χ1v) is 20.6. The number of H-pyrrole nitrogens is 1. The molecular weight excluding hydrogens is 711 g/mol. The first-order chi connectivity index (χ1) is 27.8. The van der Waals surface area contributed by atoms with E-state index in [9.17, 15) is 19.8 Å². The number of fused-ring (bicyclic) bond motifs is 8. The van der Waals surface area contributed by atoms with E-state index in [-0.39, 0.29) is 53.8 Å². The van der Waals surface area contributed by atoms with Gasteiger partial charge in [-0.15, -0.1) is 5.69 Å². The van der Waals surface area contributed by atoms with Crippen LogP contribution in [0, 0.1) is 11.8 Å². The molecule has 3 aromatic carbocycles. The smallest absolute Gasteiger partial charge is 0.161 e. The lowest BCUT2D eigenvalue weighted by Gasteiger charge is -2.37. The van der Waals surface area contributed by atoms with Crippen LogP contribution in [0.2, 0.25) is 0 Å². The third kappa shape index (κ3) is 7.95. The van der Waals surface area contributed by atoms with Gasteiger partial charge in [0.05, 0.1) is 12.5 Å². The van der Waals surface area contributed by atoms with E-state index in [0.717, 1.165) is 100 Å². The first kappa shape index (κ1) is 36.9. The summed E-state index contributed by atoms with van der Waals surface area (Å²) in [6.45, 7) is 0.301. The summed E-state index contributed by atoms with van der Waals surface area (Å²) < 4.78 is 6.40. The van der Waals surface area contributed by atoms with E-state index in [1.165, 1.54) is 0 Å². The monoisotopic (exact) mass is 759 g/mol. The maximum Gasteiger partial charge on any atom is 0.161 e. The molecule has 0 amide bonds. The largest absolute Gasteiger partial charge is 0.664 e. The van der Waals surface area contributed by atoms with Gasteiger partial charge < -0.3 is 30.2 Å². The van der Waals surface area contributed by atoms with Crippen molar-refractivity contribution in [3.8, 4) is 17.2 Å². The van der Waals surface area contributed by atoms with Crippen molar-refractivity contribution >= 4 is 29.5 Å². The average Bonchev–Trinajstić information content (AvgIpc) is 3.97. The number of aromatic hydroxyl groups is 2. The van der Waals surface area contributed by atoms with Gasteiger partial charge in [-0.05, 0) is 116 Å². The summed E-state index contributed by atoms with van der Waals surface area (Å²) >= 11 is 0. The first-order valence-electron chi connectivity index (χ1n) is 20.6. The molecule has 3 atom stereocenters. The molecule has 1 fully saturated rings. The molecule has 3 heterocycles. The van der Waals surface area contributed by atoms with E-state index in [1.807, 2.05) is 48.8 Å². The molecule has 2 aromatic heterocycles. The highest BCUT2D eigenvalue weighted by molar-refractivity contribution is 6.02. The second kappa shape index (κ2) is 16.0. The SMILES string of the molecule is O=C1CCc2cc(c(O)c(OC3CCCC3)c2)Cc2cccc(c2)Cc2cc[nH]c2[N-]CC2=Cc3[n-]ccc3C(CC3C=Cc4c(O)cccc4CC3)C2C(=O)C1. The number of aryl methyl sites for hydroxylation is 2. The van der Waals surface area contributed by atoms with Gasteiger partial charge in [0, 0.05) is 29.9 Å². The minimum atomic E-state index is -0.536. The molecule has 3 aliphatic carbocycles. The fourth-order valence-corrected chi connectivity index (χ4v) is 9.64. The number of Topliss-reactive ketones (excluding diaryl/α,β-unsaturated/α-hetero) is 2. The van der Waals surface area contributed by atoms with Gasteiger partial charge >= 0.3 is 0 Å². The number of benzene rings is 3. The van der Waals surface area contributed by atoms with Crippen molar-refractivity contribution in [3.63, 3.8) is 0 Å². The van der Waals surface area contributed by atoms with E-state index >= 15 is 0 Å². The molecular formula is C49H49N3O5-2. The third-order valence-electron chi connectivity index (χ3n) is 12.6. The maximum atomic E-state index is 14.7. The zero-order valence-corrected chi connectivity index (χ0v) is 32.3. The molecule has 4 bridgehead atoms. The Kier molecular flexibility index (Phi) is 10.3. The molecule has 8 nitrogen and oxygen atoms in total. The van der Waals surface area contributed by atoms with Crippen molar-refractivity contribution in [2.24, 2.45) is 11.8 Å². The van der Waals surface area contributed by atoms with Crippen molar-refractivity contribution in [1.29, 1.82) is 0 Å². The van der Waals surface area contributed by atoms with Crippen LogP contribution < -0.4 is 9.72 Å². The number of aromatic amines is 1. The topological polar surface area (TPSA) is 128 Å². The molecule has 0 radical (unpaired) electrons. The molecule has 4 aliphatic rings. The standard InChI is InChI=1S/C49H49N3O5/c53-38-15-12-33-24-36(48(56)46(26-33)57-39-8-1-2-9-39)23-32-6-3-5-31(21-32)22-35-17-19-51-49(35)52-29-37-27-43-41(18-20-50-43)42(47(37)45(55)28-38)25-30-11-14-34-7-4-10-44(54)40(34)16-13-30/h3-7,10,13,16-21,24,26-27,30,39,42,47,51,54,56H,1-2,8-9,11-12,14-15,22-23,25,28-29H2/q-2. The van der Waals surface area contributed by atoms with E-state index in [0.29, 0.717) is 38.0 Å². The highest BCUT2D eigenvalue weighted by Crippen LogP contribution is 2.46. The number of rotatable bonds is 4. The van der Waals surface area contributed by atoms with Crippen LogP contribution >= 0.6 is 0 Å². The summed E-state index contributed by atoms with van der Waals surface area (Å²) in [4.78, 5) is 36.6. The fourth-order valence-electron chi connectivity index (χ4n) is 9.64. The van der Waals surface area contributed by atoms with Crippen LogP contribution in [-0.2, 0) is 35.3 Å². The van der Waals surface area contributed by atoms with Crippen molar-refractivity contribution in [1.82, 2.24) is 9.97 Å². The summed E-state index contributed by atoms with van der Waals surface area (Å²) in [7, 11) is 0. The molecule has 9 rings (SSSR count). The maximum absolute atomic E-state index is 14.7.